The normalized spacial score (nSPS) is 16.2. The largest absolute Gasteiger partial charge is 0.398 e. The summed E-state index contributed by atoms with van der Waals surface area (Å²) in [5.41, 5.74) is 11.0. The number of amides is 1. The van der Waals surface area contributed by atoms with Crippen LogP contribution in [0.5, 0.6) is 0 Å². The van der Waals surface area contributed by atoms with Crippen LogP contribution in [0, 0.1) is 0 Å². The maximum Gasteiger partial charge on any atom is 0.258 e. The predicted molar refractivity (Wildman–Crippen MR) is 116 cm³/mol. The lowest BCUT2D eigenvalue weighted by Crippen LogP contribution is -2.35. The van der Waals surface area contributed by atoms with Crippen LogP contribution in [0.4, 0.5) is 11.4 Å². The molecule has 1 saturated heterocycles. The van der Waals surface area contributed by atoms with Gasteiger partial charge in [0.2, 0.25) is 0 Å². The first kappa shape index (κ1) is 21.5. The minimum atomic E-state index is 0. The fourth-order valence-electron chi connectivity index (χ4n) is 4.02. The second-order valence-corrected chi connectivity index (χ2v) is 7.09. The molecule has 0 aliphatic carbocycles. The van der Waals surface area contributed by atoms with Crippen molar-refractivity contribution in [3.8, 4) is 0 Å². The molecule has 0 spiro atoms. The van der Waals surface area contributed by atoms with Crippen molar-refractivity contribution in [2.45, 2.75) is 32.2 Å². The first-order valence-electron chi connectivity index (χ1n) is 9.23. The Morgan fingerprint density at radius 2 is 1.70 bits per heavy atom. The fraction of sp³-hybridized carbons (Fsp3) is 0.381. The molecule has 146 valence electrons. The van der Waals surface area contributed by atoms with Gasteiger partial charge in [0.1, 0.15) is 0 Å². The molecule has 0 saturated carbocycles. The molecule has 2 aliphatic rings. The van der Waals surface area contributed by atoms with E-state index in [1.54, 1.807) is 0 Å². The predicted octanol–water partition coefficient (Wildman–Crippen LogP) is 4.30. The highest BCUT2D eigenvalue weighted by Gasteiger charge is 2.25. The number of benzene rings is 2. The lowest BCUT2D eigenvalue weighted by Gasteiger charge is -2.30. The van der Waals surface area contributed by atoms with Crippen molar-refractivity contribution in [2.75, 3.05) is 30.3 Å². The summed E-state index contributed by atoms with van der Waals surface area (Å²) in [6.45, 7) is 4.02. The standard InChI is InChI=1S/C21H25N3O.2ClH/c22-19-9-4-10-20-18(19)8-5-13-24(20)21(25)17-7-3-6-16(14-17)15-23-11-1-2-12-23;;/h3-4,6-7,9-10,14H,1-2,5,8,11-13,15,22H2;2*1H. The number of fused-ring (bicyclic) bond motifs is 1. The molecule has 1 fully saturated rings. The molecule has 2 aromatic carbocycles. The van der Waals surface area contributed by atoms with E-state index in [0.717, 1.165) is 61.5 Å². The van der Waals surface area contributed by atoms with Gasteiger partial charge in [0, 0.05) is 30.0 Å². The monoisotopic (exact) mass is 407 g/mol. The number of hydrogen-bond donors (Lipinski definition) is 1. The summed E-state index contributed by atoms with van der Waals surface area (Å²) in [5, 5.41) is 0. The number of hydrogen-bond acceptors (Lipinski definition) is 3. The van der Waals surface area contributed by atoms with Crippen LogP contribution < -0.4 is 10.6 Å². The molecule has 2 aliphatic heterocycles. The second kappa shape index (κ2) is 9.45. The molecule has 0 unspecified atom stereocenters. The topological polar surface area (TPSA) is 49.6 Å². The highest BCUT2D eigenvalue weighted by atomic mass is 35.5. The Bertz CT molecular complexity index is 791. The zero-order chi connectivity index (χ0) is 17.2. The van der Waals surface area contributed by atoms with Crippen LogP contribution in [0.3, 0.4) is 0 Å². The van der Waals surface area contributed by atoms with Crippen molar-refractivity contribution in [2.24, 2.45) is 0 Å². The van der Waals surface area contributed by atoms with E-state index in [1.165, 1.54) is 18.4 Å². The summed E-state index contributed by atoms with van der Waals surface area (Å²) in [6.07, 6.45) is 4.47. The number of carbonyl (C=O) groups excluding carboxylic acids is 1. The van der Waals surface area contributed by atoms with Gasteiger partial charge in [-0.05, 0) is 74.2 Å². The number of nitrogen functional groups attached to an aromatic ring is 1. The molecule has 1 amide bonds. The van der Waals surface area contributed by atoms with Gasteiger partial charge < -0.3 is 10.6 Å². The zero-order valence-electron chi connectivity index (χ0n) is 15.4. The summed E-state index contributed by atoms with van der Waals surface area (Å²) in [6, 6.07) is 14.0. The summed E-state index contributed by atoms with van der Waals surface area (Å²) in [4.78, 5) is 17.5. The summed E-state index contributed by atoms with van der Waals surface area (Å²) < 4.78 is 0. The van der Waals surface area contributed by atoms with Crippen LogP contribution >= 0.6 is 24.8 Å². The highest BCUT2D eigenvalue weighted by Crippen LogP contribution is 2.32. The van der Waals surface area contributed by atoms with Gasteiger partial charge in [0.05, 0.1) is 0 Å². The Hall–Kier alpha value is -1.75. The lowest BCUT2D eigenvalue weighted by atomic mass is 9.98. The van der Waals surface area contributed by atoms with Gasteiger partial charge in [0.25, 0.3) is 5.91 Å². The number of nitrogens with zero attached hydrogens (tertiary/aromatic N) is 2. The van der Waals surface area contributed by atoms with E-state index in [4.69, 9.17) is 5.73 Å². The van der Waals surface area contributed by atoms with Crippen LogP contribution in [0.15, 0.2) is 42.5 Å². The maximum atomic E-state index is 13.1. The third-order valence-electron chi connectivity index (χ3n) is 5.31. The Morgan fingerprint density at radius 3 is 2.48 bits per heavy atom. The zero-order valence-corrected chi connectivity index (χ0v) is 17.0. The van der Waals surface area contributed by atoms with Gasteiger partial charge in [-0.3, -0.25) is 9.69 Å². The van der Waals surface area contributed by atoms with E-state index in [2.05, 4.69) is 17.0 Å². The van der Waals surface area contributed by atoms with E-state index in [-0.39, 0.29) is 30.7 Å². The van der Waals surface area contributed by atoms with Crippen molar-refractivity contribution in [3.05, 3.63) is 59.2 Å². The van der Waals surface area contributed by atoms with Crippen LogP contribution in [0.1, 0.15) is 40.7 Å². The van der Waals surface area contributed by atoms with Gasteiger partial charge in [-0.15, -0.1) is 24.8 Å². The lowest BCUT2D eigenvalue weighted by molar-refractivity contribution is 0.0985. The molecular weight excluding hydrogens is 381 g/mol. The Balaban J connectivity index is 0.00000131. The van der Waals surface area contributed by atoms with Crippen molar-refractivity contribution in [3.63, 3.8) is 0 Å². The van der Waals surface area contributed by atoms with Crippen LogP contribution in [0.25, 0.3) is 0 Å². The van der Waals surface area contributed by atoms with E-state index in [9.17, 15) is 4.79 Å². The molecule has 2 N–H and O–H groups in total. The third kappa shape index (κ3) is 4.57. The first-order valence-corrected chi connectivity index (χ1v) is 9.23. The number of halogens is 2. The number of rotatable bonds is 3. The van der Waals surface area contributed by atoms with Gasteiger partial charge >= 0.3 is 0 Å². The van der Waals surface area contributed by atoms with Crippen molar-refractivity contribution < 1.29 is 4.79 Å². The van der Waals surface area contributed by atoms with Crippen LogP contribution in [0.2, 0.25) is 0 Å². The summed E-state index contributed by atoms with van der Waals surface area (Å²) in [5.74, 6) is 0.0785. The number of likely N-dealkylation sites (tertiary alicyclic amines) is 1. The average Bonchev–Trinajstić information content (AvgIpc) is 3.14. The molecule has 6 heteroatoms. The van der Waals surface area contributed by atoms with E-state index >= 15 is 0 Å². The molecule has 0 radical (unpaired) electrons. The molecular formula is C21H27Cl2N3O. The molecule has 27 heavy (non-hydrogen) atoms. The van der Waals surface area contributed by atoms with Gasteiger partial charge in [-0.25, -0.2) is 0 Å². The first-order chi connectivity index (χ1) is 12.2. The Labute approximate surface area is 173 Å². The van der Waals surface area contributed by atoms with Crippen molar-refractivity contribution in [1.29, 1.82) is 0 Å². The van der Waals surface area contributed by atoms with Gasteiger partial charge in [-0.2, -0.15) is 0 Å². The molecule has 0 aromatic heterocycles. The van der Waals surface area contributed by atoms with E-state index in [0.29, 0.717) is 0 Å². The second-order valence-electron chi connectivity index (χ2n) is 7.09. The minimum Gasteiger partial charge on any atom is -0.398 e. The molecule has 0 atom stereocenters. The molecule has 0 bridgehead atoms. The molecule has 2 heterocycles. The molecule has 4 rings (SSSR count). The minimum absolute atomic E-state index is 0. The quantitative estimate of drug-likeness (QED) is 0.771. The summed E-state index contributed by atoms with van der Waals surface area (Å²) >= 11 is 0. The van der Waals surface area contributed by atoms with Gasteiger partial charge in [0.15, 0.2) is 0 Å². The Kier molecular flexibility index (Phi) is 7.54. The molecule has 4 nitrogen and oxygen atoms in total. The van der Waals surface area contributed by atoms with E-state index in [1.807, 2.05) is 35.2 Å². The van der Waals surface area contributed by atoms with E-state index < -0.39 is 0 Å². The highest BCUT2D eigenvalue weighted by molar-refractivity contribution is 6.07. The third-order valence-corrected chi connectivity index (χ3v) is 5.31. The van der Waals surface area contributed by atoms with Gasteiger partial charge in [-0.1, -0.05) is 18.2 Å². The maximum absolute atomic E-state index is 13.1. The Morgan fingerprint density at radius 1 is 0.963 bits per heavy atom. The van der Waals surface area contributed by atoms with Crippen molar-refractivity contribution in [1.82, 2.24) is 4.90 Å². The number of nitrogens with two attached hydrogens (primary N) is 1. The average molecular weight is 408 g/mol. The van der Waals surface area contributed by atoms with Crippen molar-refractivity contribution >= 4 is 42.1 Å². The number of carbonyl (C=O) groups is 1. The smallest absolute Gasteiger partial charge is 0.258 e. The fourth-order valence-corrected chi connectivity index (χ4v) is 4.02. The van der Waals surface area contributed by atoms with Crippen LogP contribution in [-0.2, 0) is 13.0 Å². The number of anilines is 2. The van der Waals surface area contributed by atoms with Crippen LogP contribution in [-0.4, -0.2) is 30.4 Å². The molecule has 2 aromatic rings. The summed E-state index contributed by atoms with van der Waals surface area (Å²) in [7, 11) is 0. The SMILES string of the molecule is Cl.Cl.Nc1cccc2c1CCCN2C(=O)c1cccc(CN2CCCC2)c1.